The molecule has 0 saturated heterocycles. The predicted molar refractivity (Wildman–Crippen MR) is 105 cm³/mol. The Hall–Kier alpha value is -2.98. The van der Waals surface area contributed by atoms with E-state index in [-0.39, 0.29) is 17.7 Å². The van der Waals surface area contributed by atoms with Crippen molar-refractivity contribution in [3.63, 3.8) is 0 Å². The largest absolute Gasteiger partial charge is 0.477 e. The fraction of sp³-hybridized carbons (Fsp3) is 0.316. The maximum Gasteiger partial charge on any atom is 0.312 e. The lowest BCUT2D eigenvalue weighted by Crippen LogP contribution is -2.36. The van der Waals surface area contributed by atoms with Gasteiger partial charge in [-0.1, -0.05) is 24.3 Å². The average molecular weight is 419 g/mol. The van der Waals surface area contributed by atoms with Gasteiger partial charge in [0.15, 0.2) is 12.4 Å². The molecule has 29 heavy (non-hydrogen) atoms. The number of hydrogen-bond acceptors (Lipinski definition) is 6. The van der Waals surface area contributed by atoms with Crippen LogP contribution in [0.25, 0.3) is 0 Å². The van der Waals surface area contributed by atoms with Crippen molar-refractivity contribution in [1.82, 2.24) is 4.90 Å². The van der Waals surface area contributed by atoms with Gasteiger partial charge >= 0.3 is 5.69 Å². The number of benzene rings is 2. The lowest BCUT2D eigenvalue weighted by Gasteiger charge is -2.33. The van der Waals surface area contributed by atoms with Crippen molar-refractivity contribution >= 4 is 21.6 Å². The summed E-state index contributed by atoms with van der Waals surface area (Å²) in [5, 5.41) is 16.3. The van der Waals surface area contributed by atoms with Crippen LogP contribution in [0.15, 0.2) is 47.4 Å². The summed E-state index contributed by atoms with van der Waals surface area (Å²) in [6.45, 7) is -0.412. The number of sulfonamides is 1. The Balaban J connectivity index is 1.75. The Labute approximate surface area is 168 Å². The number of likely N-dealkylation sites (N-methyl/N-ethyl adjacent to an activating group) is 1. The van der Waals surface area contributed by atoms with Crippen LogP contribution < -0.4 is 9.88 Å². The van der Waals surface area contributed by atoms with Crippen LogP contribution >= 0.6 is 0 Å². The number of hydrogen-bond donors (Lipinski definition) is 1. The van der Waals surface area contributed by atoms with Crippen LogP contribution in [0.1, 0.15) is 30.0 Å². The number of aryl methyl sites for hydroxylation is 1. The van der Waals surface area contributed by atoms with Gasteiger partial charge in [-0.05, 0) is 42.5 Å². The van der Waals surface area contributed by atoms with Crippen molar-refractivity contribution in [3.8, 4) is 5.75 Å². The zero-order valence-corrected chi connectivity index (χ0v) is 16.6. The summed E-state index contributed by atoms with van der Waals surface area (Å²) < 4.78 is 28.2. The van der Waals surface area contributed by atoms with Crippen LogP contribution in [0.4, 0.5) is 5.69 Å². The SMILES string of the molecule is CN(C(=O)COc1ccc(S(N)(=O)=O)cc1[N+](=O)[O-])C1CCCc2ccccc21. The first-order valence-corrected chi connectivity index (χ1v) is 10.5. The first-order chi connectivity index (χ1) is 13.7. The number of nitro benzene ring substituents is 1. The normalized spacial score (nSPS) is 16.0. The molecule has 0 aliphatic heterocycles. The summed E-state index contributed by atoms with van der Waals surface area (Å²) in [5.74, 6) is -0.537. The second-order valence-corrected chi connectivity index (χ2v) is 8.39. The fourth-order valence-corrected chi connectivity index (χ4v) is 4.02. The highest BCUT2D eigenvalue weighted by atomic mass is 32.2. The van der Waals surface area contributed by atoms with Crippen molar-refractivity contribution < 1.29 is 22.9 Å². The van der Waals surface area contributed by atoms with Crippen LogP contribution in [0.2, 0.25) is 0 Å². The topological polar surface area (TPSA) is 133 Å². The van der Waals surface area contributed by atoms with Gasteiger partial charge in [0.25, 0.3) is 5.91 Å². The van der Waals surface area contributed by atoms with Crippen LogP contribution in [0.3, 0.4) is 0 Å². The first kappa shape index (κ1) is 20.7. The number of amides is 1. The Morgan fingerprint density at radius 2 is 2.03 bits per heavy atom. The van der Waals surface area contributed by atoms with Gasteiger partial charge in [0.05, 0.1) is 15.9 Å². The number of fused-ring (bicyclic) bond motifs is 1. The van der Waals surface area contributed by atoms with Gasteiger partial charge in [0, 0.05) is 13.1 Å². The van der Waals surface area contributed by atoms with E-state index < -0.39 is 32.1 Å². The van der Waals surface area contributed by atoms with Gasteiger partial charge in [-0.15, -0.1) is 0 Å². The third kappa shape index (κ3) is 4.54. The average Bonchev–Trinajstić information content (AvgIpc) is 2.70. The van der Waals surface area contributed by atoms with Gasteiger partial charge in [-0.2, -0.15) is 0 Å². The summed E-state index contributed by atoms with van der Waals surface area (Å²) >= 11 is 0. The third-order valence-corrected chi connectivity index (χ3v) is 5.92. The summed E-state index contributed by atoms with van der Waals surface area (Å²) in [6, 6.07) is 10.9. The monoisotopic (exact) mass is 419 g/mol. The van der Waals surface area contributed by atoms with E-state index in [9.17, 15) is 23.3 Å². The fourth-order valence-electron chi connectivity index (χ4n) is 3.48. The highest BCUT2D eigenvalue weighted by Gasteiger charge is 2.27. The molecule has 0 heterocycles. The summed E-state index contributed by atoms with van der Waals surface area (Å²) in [5.41, 5.74) is 1.73. The molecule has 0 saturated carbocycles. The van der Waals surface area contributed by atoms with E-state index >= 15 is 0 Å². The number of nitrogens with two attached hydrogens (primary N) is 1. The molecule has 0 aromatic heterocycles. The first-order valence-electron chi connectivity index (χ1n) is 8.96. The second-order valence-electron chi connectivity index (χ2n) is 6.83. The Morgan fingerprint density at radius 3 is 2.72 bits per heavy atom. The molecular formula is C19H21N3O6S. The van der Waals surface area contributed by atoms with Gasteiger partial charge < -0.3 is 9.64 Å². The minimum absolute atomic E-state index is 0.0872. The number of carbonyl (C=O) groups excluding carboxylic acids is 1. The molecule has 2 N–H and O–H groups in total. The molecule has 0 spiro atoms. The molecule has 2 aromatic rings. The van der Waals surface area contributed by atoms with E-state index in [0.717, 1.165) is 43.0 Å². The summed E-state index contributed by atoms with van der Waals surface area (Å²) in [6.07, 6.45) is 2.75. The number of nitro groups is 1. The Bertz CT molecular complexity index is 1050. The van der Waals surface area contributed by atoms with E-state index in [1.165, 1.54) is 5.56 Å². The number of carbonyl (C=O) groups is 1. The second kappa shape index (κ2) is 8.18. The highest BCUT2D eigenvalue weighted by molar-refractivity contribution is 7.89. The highest BCUT2D eigenvalue weighted by Crippen LogP contribution is 2.34. The standard InChI is InChI=1S/C19H21N3O6S/c1-21(16-8-4-6-13-5-2-3-7-15(13)16)19(23)12-28-18-10-9-14(29(20,26)27)11-17(18)22(24)25/h2-3,5,7,9-11,16H,4,6,8,12H2,1H3,(H2,20,26,27). The molecular weight excluding hydrogens is 398 g/mol. The zero-order chi connectivity index (χ0) is 21.2. The van der Waals surface area contributed by atoms with Crippen molar-refractivity contribution in [3.05, 3.63) is 63.7 Å². The Kier molecular flexibility index (Phi) is 5.85. The number of nitrogens with zero attached hydrogens (tertiary/aromatic N) is 2. The molecule has 3 rings (SSSR count). The summed E-state index contributed by atoms with van der Waals surface area (Å²) in [7, 11) is -2.42. The quantitative estimate of drug-likeness (QED) is 0.563. The summed E-state index contributed by atoms with van der Waals surface area (Å²) in [4.78, 5) is 24.3. The molecule has 154 valence electrons. The lowest BCUT2D eigenvalue weighted by atomic mass is 9.87. The molecule has 1 unspecified atom stereocenters. The molecule has 1 atom stereocenters. The van der Waals surface area contributed by atoms with Crippen molar-refractivity contribution in [2.24, 2.45) is 5.14 Å². The maximum atomic E-state index is 12.6. The molecule has 10 heteroatoms. The van der Waals surface area contributed by atoms with Gasteiger partial charge in [0.2, 0.25) is 10.0 Å². The molecule has 1 aliphatic carbocycles. The zero-order valence-electron chi connectivity index (χ0n) is 15.8. The lowest BCUT2D eigenvalue weighted by molar-refractivity contribution is -0.386. The van der Waals surface area contributed by atoms with Gasteiger partial charge in [-0.3, -0.25) is 14.9 Å². The smallest absolute Gasteiger partial charge is 0.312 e. The molecule has 1 amide bonds. The predicted octanol–water partition coefficient (Wildman–Crippen LogP) is 2.16. The molecule has 2 aromatic carbocycles. The molecule has 9 nitrogen and oxygen atoms in total. The number of rotatable bonds is 6. The van der Waals surface area contributed by atoms with E-state index in [2.05, 4.69) is 0 Å². The number of primary sulfonamides is 1. The van der Waals surface area contributed by atoms with Gasteiger partial charge in [0.1, 0.15) is 0 Å². The number of ether oxygens (including phenoxy) is 1. The maximum absolute atomic E-state index is 12.6. The van der Waals surface area contributed by atoms with E-state index in [1.54, 1.807) is 11.9 Å². The van der Waals surface area contributed by atoms with Crippen LogP contribution in [0, 0.1) is 10.1 Å². The van der Waals surface area contributed by atoms with Crippen molar-refractivity contribution in [2.75, 3.05) is 13.7 Å². The third-order valence-electron chi connectivity index (χ3n) is 5.01. The van der Waals surface area contributed by atoms with Crippen LogP contribution in [-0.4, -0.2) is 37.8 Å². The Morgan fingerprint density at radius 1 is 1.31 bits per heavy atom. The van der Waals surface area contributed by atoms with Gasteiger partial charge in [-0.25, -0.2) is 13.6 Å². The van der Waals surface area contributed by atoms with Crippen LogP contribution in [0.5, 0.6) is 5.75 Å². The van der Waals surface area contributed by atoms with E-state index in [4.69, 9.17) is 9.88 Å². The van der Waals surface area contributed by atoms with E-state index in [1.807, 2.05) is 24.3 Å². The van der Waals surface area contributed by atoms with Crippen LogP contribution in [-0.2, 0) is 21.2 Å². The molecule has 0 bridgehead atoms. The molecule has 0 radical (unpaired) electrons. The minimum atomic E-state index is -4.10. The molecule has 0 fully saturated rings. The molecule has 1 aliphatic rings. The van der Waals surface area contributed by atoms with Crippen molar-refractivity contribution in [2.45, 2.75) is 30.2 Å². The van der Waals surface area contributed by atoms with E-state index in [0.29, 0.717) is 0 Å². The minimum Gasteiger partial charge on any atom is -0.477 e. The van der Waals surface area contributed by atoms with Crippen molar-refractivity contribution in [1.29, 1.82) is 0 Å².